The van der Waals surface area contributed by atoms with Gasteiger partial charge in [0, 0.05) is 53.1 Å². The lowest BCUT2D eigenvalue weighted by atomic mass is 9.91. The number of sulfone groups is 1. The molecule has 2 aromatic carbocycles. The molecular weight excluding hydrogens is 641 g/mol. The zero-order chi connectivity index (χ0) is 33.0. The average molecular weight is 683 g/mol. The standard InChI is InChI=1S/C34H42N4O5S3/c1-5-22(3)38(23(4)6-2)32(41)21-46(42,43)34-36-29(19-45-34)26-11-9-24(10-12-26)16-25-8-7-15-37(18-25)33-35-30(20-44-33)28-14-13-27(39)17-31(28)40/h9-14,17,19-20,22-23,25,39-40H,5-8,15-16,18,21H2,1-4H3. The number of nitrogens with zero attached hydrogens (tertiary/aromatic N) is 4. The number of aromatic nitrogens is 2. The van der Waals surface area contributed by atoms with E-state index in [4.69, 9.17) is 4.98 Å². The van der Waals surface area contributed by atoms with Gasteiger partial charge in [0.1, 0.15) is 17.3 Å². The van der Waals surface area contributed by atoms with Gasteiger partial charge < -0.3 is 20.0 Å². The SMILES string of the molecule is CCC(C)N(C(=O)CS(=O)(=O)c1nc(-c2ccc(CC3CCCN(c4nc(-c5ccc(O)cc5O)cs4)C3)cc2)cs1)C(C)CC. The highest BCUT2D eigenvalue weighted by Gasteiger charge is 2.30. The highest BCUT2D eigenvalue weighted by molar-refractivity contribution is 7.94. The summed E-state index contributed by atoms with van der Waals surface area (Å²) in [6.45, 7) is 9.71. The number of phenolic OH excluding ortho intramolecular Hbond substituents is 2. The largest absolute Gasteiger partial charge is 0.508 e. The molecule has 0 spiro atoms. The van der Waals surface area contributed by atoms with E-state index in [9.17, 15) is 23.4 Å². The number of amides is 1. The minimum absolute atomic E-state index is 0.00732. The molecule has 4 aromatic rings. The Balaban J connectivity index is 1.21. The van der Waals surface area contributed by atoms with Crippen LogP contribution in [0, 0.1) is 5.92 Å². The van der Waals surface area contributed by atoms with Crippen molar-refractivity contribution >= 4 is 43.5 Å². The lowest BCUT2D eigenvalue weighted by molar-refractivity contribution is -0.132. The first kappa shape index (κ1) is 33.9. The third-order valence-corrected chi connectivity index (χ3v) is 12.6. The minimum Gasteiger partial charge on any atom is -0.508 e. The quantitative estimate of drug-likeness (QED) is 0.164. The van der Waals surface area contributed by atoms with Crippen LogP contribution in [0.2, 0.25) is 0 Å². The number of thiazole rings is 2. The van der Waals surface area contributed by atoms with Gasteiger partial charge in [0.25, 0.3) is 0 Å². The number of anilines is 1. The first-order chi connectivity index (χ1) is 22.0. The second kappa shape index (κ2) is 14.5. The molecule has 0 aliphatic carbocycles. The average Bonchev–Trinajstić information content (AvgIpc) is 3.73. The molecule has 12 heteroatoms. The fourth-order valence-electron chi connectivity index (χ4n) is 5.97. The van der Waals surface area contributed by atoms with Crippen LogP contribution in [0.25, 0.3) is 22.5 Å². The molecule has 1 fully saturated rings. The summed E-state index contributed by atoms with van der Waals surface area (Å²) >= 11 is 2.62. The number of carbonyl (C=O) groups is 1. The van der Waals surface area contributed by atoms with Crippen LogP contribution in [0.15, 0.2) is 57.6 Å². The second-order valence-electron chi connectivity index (χ2n) is 12.1. The Morgan fingerprint density at radius 2 is 1.70 bits per heavy atom. The van der Waals surface area contributed by atoms with Gasteiger partial charge in [-0.3, -0.25) is 4.79 Å². The molecule has 3 heterocycles. The van der Waals surface area contributed by atoms with E-state index in [-0.39, 0.29) is 33.8 Å². The fourth-order valence-corrected chi connectivity index (χ4v) is 9.13. The van der Waals surface area contributed by atoms with Crippen LogP contribution in [0.4, 0.5) is 5.13 Å². The lowest BCUT2D eigenvalue weighted by Crippen LogP contribution is -2.46. The maximum Gasteiger partial charge on any atom is 0.238 e. The number of piperidine rings is 1. The summed E-state index contributed by atoms with van der Waals surface area (Å²) in [5.74, 6) is -0.478. The number of carbonyl (C=O) groups excluding carboxylic acids is 1. The van der Waals surface area contributed by atoms with Gasteiger partial charge in [0.15, 0.2) is 5.13 Å². The third kappa shape index (κ3) is 7.72. The van der Waals surface area contributed by atoms with Crippen LogP contribution < -0.4 is 4.90 Å². The molecule has 0 radical (unpaired) electrons. The van der Waals surface area contributed by atoms with Gasteiger partial charge >= 0.3 is 0 Å². The van der Waals surface area contributed by atoms with Crippen molar-refractivity contribution in [3.63, 3.8) is 0 Å². The van der Waals surface area contributed by atoms with E-state index in [1.165, 1.54) is 11.6 Å². The molecule has 0 saturated carbocycles. The van der Waals surface area contributed by atoms with Crippen LogP contribution in [-0.2, 0) is 21.1 Å². The predicted octanol–water partition coefficient (Wildman–Crippen LogP) is 7.00. The van der Waals surface area contributed by atoms with Crippen LogP contribution in [0.1, 0.15) is 58.9 Å². The lowest BCUT2D eigenvalue weighted by Gasteiger charge is -2.33. The summed E-state index contributed by atoms with van der Waals surface area (Å²) in [6.07, 6.45) is 4.61. The Hall–Kier alpha value is -3.48. The van der Waals surface area contributed by atoms with Crippen molar-refractivity contribution in [2.24, 2.45) is 5.92 Å². The van der Waals surface area contributed by atoms with Gasteiger partial charge in [-0.05, 0) is 69.6 Å². The molecule has 3 atom stereocenters. The second-order valence-corrected chi connectivity index (χ2v) is 16.0. The Bertz CT molecular complexity index is 1740. The summed E-state index contributed by atoms with van der Waals surface area (Å²) in [5, 5.41) is 24.5. The molecule has 246 valence electrons. The molecular formula is C34H42N4O5S3. The zero-order valence-corrected chi connectivity index (χ0v) is 29.2. The highest BCUT2D eigenvalue weighted by Crippen LogP contribution is 2.36. The summed E-state index contributed by atoms with van der Waals surface area (Å²) in [4.78, 5) is 26.3. The Kier molecular flexibility index (Phi) is 10.7. The van der Waals surface area contributed by atoms with Crippen LogP contribution in [-0.4, -0.2) is 70.3 Å². The first-order valence-electron chi connectivity index (χ1n) is 15.8. The van der Waals surface area contributed by atoms with Crippen LogP contribution >= 0.6 is 22.7 Å². The van der Waals surface area contributed by atoms with E-state index in [2.05, 4.69) is 22.0 Å². The highest BCUT2D eigenvalue weighted by atomic mass is 32.2. The smallest absolute Gasteiger partial charge is 0.238 e. The molecule has 3 unspecified atom stereocenters. The van der Waals surface area contributed by atoms with Crippen LogP contribution in [0.3, 0.4) is 0 Å². The van der Waals surface area contributed by atoms with E-state index >= 15 is 0 Å². The summed E-state index contributed by atoms with van der Waals surface area (Å²) < 4.78 is 26.4. The number of hydrogen-bond donors (Lipinski definition) is 2. The van der Waals surface area contributed by atoms with Gasteiger partial charge in [-0.1, -0.05) is 38.1 Å². The Morgan fingerprint density at radius 3 is 2.37 bits per heavy atom. The molecule has 5 rings (SSSR count). The molecule has 1 aliphatic rings. The number of aromatic hydroxyl groups is 2. The molecule has 1 amide bonds. The maximum absolute atomic E-state index is 13.2. The fraction of sp³-hybridized carbons (Fsp3) is 0.441. The maximum atomic E-state index is 13.2. The van der Waals surface area contributed by atoms with E-state index in [1.807, 2.05) is 45.2 Å². The summed E-state index contributed by atoms with van der Waals surface area (Å²) in [7, 11) is -3.86. The molecule has 1 saturated heterocycles. The van der Waals surface area contributed by atoms with Crippen molar-refractivity contribution in [3.05, 3.63) is 58.8 Å². The Labute approximate surface area is 279 Å². The van der Waals surface area contributed by atoms with Crippen molar-refractivity contribution in [3.8, 4) is 34.0 Å². The van der Waals surface area contributed by atoms with Crippen molar-refractivity contribution in [1.82, 2.24) is 14.9 Å². The van der Waals surface area contributed by atoms with Crippen molar-refractivity contribution in [1.29, 1.82) is 0 Å². The van der Waals surface area contributed by atoms with E-state index in [1.54, 1.807) is 33.7 Å². The normalized spacial score (nSPS) is 16.7. The molecule has 0 bridgehead atoms. The van der Waals surface area contributed by atoms with Gasteiger partial charge in [-0.25, -0.2) is 18.4 Å². The summed E-state index contributed by atoms with van der Waals surface area (Å²) in [5.41, 5.74) is 3.92. The van der Waals surface area contributed by atoms with Crippen molar-refractivity contribution in [2.75, 3.05) is 23.7 Å². The van der Waals surface area contributed by atoms with Crippen molar-refractivity contribution < 1.29 is 23.4 Å². The minimum atomic E-state index is -3.86. The molecule has 1 aliphatic heterocycles. The molecule has 2 N–H and O–H groups in total. The van der Waals surface area contributed by atoms with Gasteiger partial charge in [0.05, 0.1) is 11.4 Å². The van der Waals surface area contributed by atoms with Gasteiger partial charge in [0.2, 0.25) is 20.1 Å². The number of benzene rings is 2. The predicted molar refractivity (Wildman–Crippen MR) is 185 cm³/mol. The van der Waals surface area contributed by atoms with E-state index in [0.717, 1.165) is 67.2 Å². The Morgan fingerprint density at radius 1 is 1.00 bits per heavy atom. The topological polar surface area (TPSA) is 124 Å². The van der Waals surface area contributed by atoms with Gasteiger partial charge in [-0.2, -0.15) is 0 Å². The summed E-state index contributed by atoms with van der Waals surface area (Å²) in [6, 6.07) is 12.6. The van der Waals surface area contributed by atoms with Crippen molar-refractivity contribution in [2.45, 2.75) is 76.2 Å². The van der Waals surface area contributed by atoms with Gasteiger partial charge in [-0.15, -0.1) is 22.7 Å². The third-order valence-electron chi connectivity index (χ3n) is 8.79. The number of hydrogen-bond acceptors (Lipinski definition) is 10. The molecule has 2 aromatic heterocycles. The zero-order valence-electron chi connectivity index (χ0n) is 26.7. The van der Waals surface area contributed by atoms with Crippen LogP contribution in [0.5, 0.6) is 11.5 Å². The van der Waals surface area contributed by atoms with E-state index < -0.39 is 15.6 Å². The monoisotopic (exact) mass is 682 g/mol. The van der Waals surface area contributed by atoms with E-state index in [0.29, 0.717) is 22.9 Å². The number of rotatable bonds is 12. The first-order valence-corrected chi connectivity index (χ1v) is 19.2. The number of phenols is 2. The molecule has 9 nitrogen and oxygen atoms in total. The molecule has 46 heavy (non-hydrogen) atoms.